The van der Waals surface area contributed by atoms with Crippen molar-refractivity contribution in [2.75, 3.05) is 6.61 Å². The van der Waals surface area contributed by atoms with Crippen molar-refractivity contribution in [1.82, 2.24) is 5.01 Å². The minimum atomic E-state index is -0.443. The second-order valence-corrected chi connectivity index (χ2v) is 7.62. The maximum absolute atomic E-state index is 12.4. The molecule has 1 amide bonds. The van der Waals surface area contributed by atoms with Crippen LogP contribution in [0.4, 0.5) is 0 Å². The van der Waals surface area contributed by atoms with Gasteiger partial charge in [-0.25, -0.2) is 0 Å². The number of amidine groups is 2. The van der Waals surface area contributed by atoms with Gasteiger partial charge in [-0.2, -0.15) is 15.1 Å². The summed E-state index contributed by atoms with van der Waals surface area (Å²) in [5, 5.41) is 15.1. The molecule has 2 aromatic carbocycles. The first kappa shape index (κ1) is 17.7. The van der Waals surface area contributed by atoms with Crippen LogP contribution in [0.25, 0.3) is 6.08 Å². The van der Waals surface area contributed by atoms with Crippen molar-refractivity contribution >= 4 is 55.7 Å². The number of ether oxygens (including phenoxy) is 1. The predicted molar refractivity (Wildman–Crippen MR) is 111 cm³/mol. The fraction of sp³-hybridized carbons (Fsp3) is 0.0526. The van der Waals surface area contributed by atoms with Crippen molar-refractivity contribution in [2.45, 2.75) is 0 Å². The number of nitrogens with zero attached hydrogens (tertiary/aromatic N) is 3. The summed E-state index contributed by atoms with van der Waals surface area (Å²) < 4.78 is 6.63. The number of amides is 1. The number of benzene rings is 2. The van der Waals surface area contributed by atoms with Crippen LogP contribution < -0.4 is 4.74 Å². The number of para-hydroxylation sites is 1. The molecule has 0 atom stereocenters. The highest BCUT2D eigenvalue weighted by molar-refractivity contribution is 9.10. The zero-order valence-electron chi connectivity index (χ0n) is 13.9. The van der Waals surface area contributed by atoms with E-state index >= 15 is 0 Å². The van der Waals surface area contributed by atoms with Crippen molar-refractivity contribution in [3.8, 4) is 5.75 Å². The van der Waals surface area contributed by atoms with Gasteiger partial charge in [-0.1, -0.05) is 46.3 Å². The number of fused-ring (bicyclic) bond motifs is 1. The number of nitrogens with one attached hydrogen (secondary N) is 1. The standard InChI is InChI=1S/C19H13BrN4O2S/c20-13-8-6-12(7-9-13)10-15-17(21)24-19(22-18(15)25)27-16(23-24)11-26-14-4-2-1-3-5-14/h1-10,21H,11H2/b15-10-,21-17?. The van der Waals surface area contributed by atoms with E-state index in [0.29, 0.717) is 10.2 Å². The lowest BCUT2D eigenvalue weighted by Gasteiger charge is -2.20. The van der Waals surface area contributed by atoms with E-state index in [1.807, 2.05) is 54.6 Å². The molecule has 0 saturated heterocycles. The Morgan fingerprint density at radius 1 is 1.15 bits per heavy atom. The Morgan fingerprint density at radius 3 is 2.63 bits per heavy atom. The number of hydrazone groups is 1. The molecule has 8 heteroatoms. The first-order chi connectivity index (χ1) is 13.1. The quantitative estimate of drug-likeness (QED) is 0.724. The number of thioether (sulfide) groups is 1. The monoisotopic (exact) mass is 440 g/mol. The summed E-state index contributed by atoms with van der Waals surface area (Å²) in [6.45, 7) is 0.247. The minimum absolute atomic E-state index is 0.00938. The second kappa shape index (κ2) is 7.50. The molecule has 0 bridgehead atoms. The van der Waals surface area contributed by atoms with Gasteiger partial charge < -0.3 is 4.74 Å². The Hall–Kier alpha value is -2.71. The zero-order chi connectivity index (χ0) is 18.8. The normalized spacial score (nSPS) is 17.7. The molecule has 0 fully saturated rings. The van der Waals surface area contributed by atoms with Crippen LogP contribution in [-0.4, -0.2) is 33.6 Å². The third-order valence-electron chi connectivity index (χ3n) is 3.78. The van der Waals surface area contributed by atoms with Crippen molar-refractivity contribution < 1.29 is 9.53 Å². The molecule has 2 aliphatic rings. The van der Waals surface area contributed by atoms with Crippen LogP contribution in [0, 0.1) is 5.41 Å². The van der Waals surface area contributed by atoms with Gasteiger partial charge in [0.1, 0.15) is 17.4 Å². The fourth-order valence-corrected chi connectivity index (χ4v) is 3.54. The van der Waals surface area contributed by atoms with Crippen LogP contribution >= 0.6 is 27.7 Å². The van der Waals surface area contributed by atoms with Gasteiger partial charge in [-0.3, -0.25) is 10.2 Å². The van der Waals surface area contributed by atoms with Gasteiger partial charge in [0.05, 0.1) is 5.57 Å². The molecule has 27 heavy (non-hydrogen) atoms. The van der Waals surface area contributed by atoms with E-state index in [2.05, 4.69) is 26.0 Å². The molecule has 2 heterocycles. The van der Waals surface area contributed by atoms with E-state index in [1.165, 1.54) is 16.8 Å². The average Bonchev–Trinajstić information content (AvgIpc) is 3.09. The summed E-state index contributed by atoms with van der Waals surface area (Å²) in [5.41, 5.74) is 1.02. The summed E-state index contributed by atoms with van der Waals surface area (Å²) >= 11 is 4.61. The van der Waals surface area contributed by atoms with Gasteiger partial charge in [-0.15, -0.1) is 0 Å². The molecule has 0 saturated carbocycles. The number of rotatable bonds is 4. The molecule has 4 rings (SSSR count). The van der Waals surface area contributed by atoms with Gasteiger partial charge in [0.25, 0.3) is 5.91 Å². The lowest BCUT2D eigenvalue weighted by atomic mass is 10.1. The van der Waals surface area contributed by atoms with Crippen molar-refractivity contribution in [2.24, 2.45) is 10.1 Å². The number of hydrogen-bond donors (Lipinski definition) is 1. The van der Waals surface area contributed by atoms with Crippen molar-refractivity contribution in [3.05, 3.63) is 70.2 Å². The summed E-state index contributed by atoms with van der Waals surface area (Å²) in [4.78, 5) is 16.4. The highest BCUT2D eigenvalue weighted by atomic mass is 79.9. The molecule has 0 aromatic heterocycles. The molecule has 0 aliphatic carbocycles. The van der Waals surface area contributed by atoms with Crippen LogP contribution in [0.1, 0.15) is 5.56 Å². The van der Waals surface area contributed by atoms with Crippen molar-refractivity contribution in [3.63, 3.8) is 0 Å². The molecule has 2 aliphatic heterocycles. The van der Waals surface area contributed by atoms with Gasteiger partial charge in [0.15, 0.2) is 5.84 Å². The maximum Gasteiger partial charge on any atom is 0.283 e. The van der Waals surface area contributed by atoms with Crippen molar-refractivity contribution in [1.29, 1.82) is 5.41 Å². The highest BCUT2D eigenvalue weighted by Gasteiger charge is 2.35. The molecule has 6 nitrogen and oxygen atoms in total. The second-order valence-electron chi connectivity index (χ2n) is 5.67. The lowest BCUT2D eigenvalue weighted by Crippen LogP contribution is -2.35. The molecule has 134 valence electrons. The molecular weight excluding hydrogens is 428 g/mol. The Balaban J connectivity index is 1.53. The van der Waals surface area contributed by atoms with E-state index < -0.39 is 5.91 Å². The maximum atomic E-state index is 12.4. The van der Waals surface area contributed by atoms with Gasteiger partial charge in [0, 0.05) is 4.47 Å². The minimum Gasteiger partial charge on any atom is -0.487 e. The summed E-state index contributed by atoms with van der Waals surface area (Å²) in [5.74, 6) is 0.298. The van der Waals surface area contributed by atoms with E-state index in [1.54, 1.807) is 6.08 Å². The first-order valence-corrected chi connectivity index (χ1v) is 9.63. The SMILES string of the molecule is N=C1/C(=C/c2ccc(Br)cc2)C(=O)N=C2SC(COc3ccccc3)=NN12. The Bertz CT molecular complexity index is 1000. The number of halogens is 1. The van der Waals surface area contributed by atoms with Crippen LogP contribution in [0.2, 0.25) is 0 Å². The van der Waals surface area contributed by atoms with Crippen LogP contribution in [-0.2, 0) is 4.79 Å². The van der Waals surface area contributed by atoms with E-state index in [9.17, 15) is 4.79 Å². The van der Waals surface area contributed by atoms with E-state index in [4.69, 9.17) is 10.1 Å². The molecule has 1 N–H and O–H groups in total. The van der Waals surface area contributed by atoms with Gasteiger partial charge in [0.2, 0.25) is 5.17 Å². The molecule has 2 aromatic rings. The Morgan fingerprint density at radius 2 is 1.89 bits per heavy atom. The summed E-state index contributed by atoms with van der Waals surface area (Å²) in [6, 6.07) is 16.9. The number of carbonyl (C=O) groups excluding carboxylic acids is 1. The van der Waals surface area contributed by atoms with Gasteiger partial charge >= 0.3 is 0 Å². The largest absolute Gasteiger partial charge is 0.487 e. The average molecular weight is 441 g/mol. The lowest BCUT2D eigenvalue weighted by molar-refractivity contribution is -0.114. The molecular formula is C19H13BrN4O2S. The first-order valence-electron chi connectivity index (χ1n) is 8.03. The summed E-state index contributed by atoms with van der Waals surface area (Å²) in [7, 11) is 0. The Labute approximate surface area is 168 Å². The van der Waals surface area contributed by atoms with E-state index in [-0.39, 0.29) is 18.0 Å². The predicted octanol–water partition coefficient (Wildman–Crippen LogP) is 4.15. The van der Waals surface area contributed by atoms with Crippen LogP contribution in [0.15, 0.2) is 74.7 Å². The smallest absolute Gasteiger partial charge is 0.283 e. The number of aliphatic imine (C=N–C) groups is 1. The Kier molecular flexibility index (Phi) is 4.91. The molecule has 0 unspecified atom stereocenters. The van der Waals surface area contributed by atoms with Gasteiger partial charge in [-0.05, 0) is 47.7 Å². The topological polar surface area (TPSA) is 78.1 Å². The fourth-order valence-electron chi connectivity index (χ4n) is 2.48. The highest BCUT2D eigenvalue weighted by Crippen LogP contribution is 2.28. The summed E-state index contributed by atoms with van der Waals surface area (Å²) in [6.07, 6.45) is 1.65. The third-order valence-corrected chi connectivity index (χ3v) is 5.19. The zero-order valence-corrected chi connectivity index (χ0v) is 16.3. The molecule has 0 radical (unpaired) electrons. The van der Waals surface area contributed by atoms with E-state index in [0.717, 1.165) is 15.8 Å². The molecule has 0 spiro atoms. The third kappa shape index (κ3) is 3.86. The number of carbonyl (C=O) groups is 1. The number of hydrogen-bond acceptors (Lipinski definition) is 5. The van der Waals surface area contributed by atoms with Crippen LogP contribution in [0.3, 0.4) is 0 Å². The van der Waals surface area contributed by atoms with Crippen LogP contribution in [0.5, 0.6) is 5.75 Å².